The summed E-state index contributed by atoms with van der Waals surface area (Å²) in [6.45, 7) is 1.21. The molecule has 1 aliphatic carbocycles. The van der Waals surface area contributed by atoms with Crippen molar-refractivity contribution >= 4 is 28.8 Å². The summed E-state index contributed by atoms with van der Waals surface area (Å²) in [6.07, 6.45) is 6.20. The van der Waals surface area contributed by atoms with Gasteiger partial charge >= 0.3 is 0 Å². The van der Waals surface area contributed by atoms with Gasteiger partial charge in [0.2, 0.25) is 11.8 Å². The molecule has 0 aromatic heterocycles. The van der Waals surface area contributed by atoms with Crippen molar-refractivity contribution in [2.45, 2.75) is 44.6 Å². The van der Waals surface area contributed by atoms with Crippen molar-refractivity contribution in [3.63, 3.8) is 0 Å². The molecular weight excluding hydrogens is 276 g/mol. The molecular formula is C14H20N2O3S. The summed E-state index contributed by atoms with van der Waals surface area (Å²) in [7, 11) is 0. The molecule has 0 bridgehead atoms. The van der Waals surface area contributed by atoms with Crippen LogP contribution in [0.15, 0.2) is 0 Å². The Bertz CT molecular complexity index is 418. The number of thioether (sulfide) groups is 1. The van der Waals surface area contributed by atoms with Crippen LogP contribution in [-0.2, 0) is 9.59 Å². The van der Waals surface area contributed by atoms with Crippen LogP contribution in [0.5, 0.6) is 0 Å². The maximum atomic E-state index is 12.3. The molecule has 6 heteroatoms. The highest BCUT2D eigenvalue weighted by Gasteiger charge is 2.40. The normalized spacial score (nSPS) is 27.9. The SMILES string of the molecule is O=C(CC1CCCC1)N1CC[C@H](N2C(=O)CSC2=O)C1. The maximum Gasteiger partial charge on any atom is 0.289 e. The Morgan fingerprint density at radius 1 is 1.20 bits per heavy atom. The van der Waals surface area contributed by atoms with Gasteiger partial charge in [0.25, 0.3) is 5.24 Å². The summed E-state index contributed by atoms with van der Waals surface area (Å²) in [5, 5.41) is -0.148. The topological polar surface area (TPSA) is 57.7 Å². The minimum atomic E-state index is -0.148. The van der Waals surface area contributed by atoms with E-state index in [0.717, 1.165) is 18.2 Å². The lowest BCUT2D eigenvalue weighted by Crippen LogP contribution is -2.41. The molecule has 2 saturated heterocycles. The zero-order valence-corrected chi connectivity index (χ0v) is 12.4. The van der Waals surface area contributed by atoms with Gasteiger partial charge in [-0.3, -0.25) is 19.3 Å². The zero-order chi connectivity index (χ0) is 14.1. The standard InChI is InChI=1S/C14H20N2O3S/c17-12(7-10-3-1-2-4-10)15-6-5-11(8-15)16-13(18)9-20-14(16)19/h10-11H,1-9H2/t11-/m0/s1. The van der Waals surface area contributed by atoms with Crippen LogP contribution in [0, 0.1) is 5.92 Å². The molecule has 0 unspecified atom stereocenters. The molecule has 2 heterocycles. The van der Waals surface area contributed by atoms with E-state index in [1.807, 2.05) is 4.90 Å². The van der Waals surface area contributed by atoms with E-state index in [1.54, 1.807) is 0 Å². The lowest BCUT2D eigenvalue weighted by atomic mass is 10.0. The first-order chi connectivity index (χ1) is 9.65. The van der Waals surface area contributed by atoms with Gasteiger partial charge in [-0.1, -0.05) is 24.6 Å². The van der Waals surface area contributed by atoms with E-state index in [4.69, 9.17) is 0 Å². The molecule has 3 fully saturated rings. The summed E-state index contributed by atoms with van der Waals surface area (Å²) in [5.41, 5.74) is 0. The molecule has 110 valence electrons. The fourth-order valence-corrected chi connectivity index (χ4v) is 4.26. The lowest BCUT2D eigenvalue weighted by molar-refractivity contribution is -0.132. The van der Waals surface area contributed by atoms with Crippen molar-refractivity contribution in [1.29, 1.82) is 0 Å². The molecule has 0 aromatic carbocycles. The summed E-state index contributed by atoms with van der Waals surface area (Å²) in [5.74, 6) is 0.902. The van der Waals surface area contributed by atoms with Gasteiger partial charge in [-0.2, -0.15) is 0 Å². The average Bonchev–Trinajstić information content (AvgIpc) is 3.11. The third kappa shape index (κ3) is 2.71. The van der Waals surface area contributed by atoms with Gasteiger partial charge in [0.15, 0.2) is 0 Å². The van der Waals surface area contributed by atoms with E-state index >= 15 is 0 Å². The highest BCUT2D eigenvalue weighted by molar-refractivity contribution is 8.14. The summed E-state index contributed by atoms with van der Waals surface area (Å²) < 4.78 is 0. The van der Waals surface area contributed by atoms with E-state index < -0.39 is 0 Å². The highest BCUT2D eigenvalue weighted by atomic mass is 32.2. The van der Waals surface area contributed by atoms with E-state index in [0.29, 0.717) is 25.4 Å². The van der Waals surface area contributed by atoms with E-state index in [-0.39, 0.29) is 28.8 Å². The van der Waals surface area contributed by atoms with Crippen molar-refractivity contribution in [3.8, 4) is 0 Å². The van der Waals surface area contributed by atoms with E-state index in [9.17, 15) is 14.4 Å². The fraction of sp³-hybridized carbons (Fsp3) is 0.786. The van der Waals surface area contributed by atoms with Crippen molar-refractivity contribution in [2.24, 2.45) is 5.92 Å². The van der Waals surface area contributed by atoms with Crippen LogP contribution in [0.4, 0.5) is 4.79 Å². The third-order valence-corrected chi connectivity index (χ3v) is 5.44. The molecule has 0 radical (unpaired) electrons. The number of carbonyl (C=O) groups is 3. The third-order valence-electron chi connectivity index (χ3n) is 4.60. The molecule has 3 aliphatic rings. The summed E-state index contributed by atoms with van der Waals surface area (Å²) in [6, 6.07) is -0.0995. The number of carbonyl (C=O) groups excluding carboxylic acids is 3. The maximum absolute atomic E-state index is 12.3. The van der Waals surface area contributed by atoms with Crippen LogP contribution in [0.1, 0.15) is 38.5 Å². The van der Waals surface area contributed by atoms with Gasteiger partial charge in [-0.15, -0.1) is 0 Å². The number of rotatable bonds is 3. The fourth-order valence-electron chi connectivity index (χ4n) is 3.49. The molecule has 0 aromatic rings. The van der Waals surface area contributed by atoms with Crippen LogP contribution < -0.4 is 0 Å². The van der Waals surface area contributed by atoms with Gasteiger partial charge in [0, 0.05) is 19.5 Å². The molecule has 0 spiro atoms. The van der Waals surface area contributed by atoms with Crippen molar-refractivity contribution in [2.75, 3.05) is 18.8 Å². The predicted octanol–water partition coefficient (Wildman–Crippen LogP) is 1.86. The van der Waals surface area contributed by atoms with Gasteiger partial charge in [0.1, 0.15) is 0 Å². The van der Waals surface area contributed by atoms with Crippen LogP contribution in [0.3, 0.4) is 0 Å². The minimum Gasteiger partial charge on any atom is -0.341 e. The molecule has 1 atom stereocenters. The number of amides is 3. The molecule has 20 heavy (non-hydrogen) atoms. The van der Waals surface area contributed by atoms with Crippen molar-refractivity contribution in [3.05, 3.63) is 0 Å². The monoisotopic (exact) mass is 296 g/mol. The zero-order valence-electron chi connectivity index (χ0n) is 11.5. The molecule has 3 amide bonds. The van der Waals surface area contributed by atoms with Gasteiger partial charge in [-0.25, -0.2) is 0 Å². The molecule has 0 N–H and O–H groups in total. The molecule has 2 aliphatic heterocycles. The number of nitrogens with zero attached hydrogens (tertiary/aromatic N) is 2. The number of hydrogen-bond acceptors (Lipinski definition) is 4. The lowest BCUT2D eigenvalue weighted by Gasteiger charge is -2.22. The van der Waals surface area contributed by atoms with Crippen LogP contribution >= 0.6 is 11.8 Å². The summed E-state index contributed by atoms with van der Waals surface area (Å²) in [4.78, 5) is 38.9. The van der Waals surface area contributed by atoms with Gasteiger partial charge in [0.05, 0.1) is 11.8 Å². The Balaban J connectivity index is 1.54. The first kappa shape index (κ1) is 13.9. The van der Waals surface area contributed by atoms with Crippen molar-refractivity contribution < 1.29 is 14.4 Å². The second-order valence-corrected chi connectivity index (χ2v) is 6.88. The number of hydrogen-bond donors (Lipinski definition) is 0. The average molecular weight is 296 g/mol. The number of likely N-dealkylation sites (tertiary alicyclic amines) is 1. The minimum absolute atomic E-state index is 0.0995. The van der Waals surface area contributed by atoms with E-state index in [2.05, 4.69) is 0 Å². The largest absolute Gasteiger partial charge is 0.341 e. The smallest absolute Gasteiger partial charge is 0.289 e. The van der Waals surface area contributed by atoms with Crippen LogP contribution in [0.25, 0.3) is 0 Å². The highest BCUT2D eigenvalue weighted by Crippen LogP contribution is 2.30. The molecule has 1 saturated carbocycles. The van der Waals surface area contributed by atoms with Crippen LogP contribution in [-0.4, -0.2) is 51.7 Å². The molecule has 5 nitrogen and oxygen atoms in total. The predicted molar refractivity (Wildman–Crippen MR) is 76.3 cm³/mol. The van der Waals surface area contributed by atoms with E-state index in [1.165, 1.54) is 30.6 Å². The first-order valence-corrected chi connectivity index (χ1v) is 8.40. The Kier molecular flexibility index (Phi) is 4.01. The van der Waals surface area contributed by atoms with Crippen molar-refractivity contribution in [1.82, 2.24) is 9.80 Å². The van der Waals surface area contributed by atoms with Gasteiger partial charge in [-0.05, 0) is 25.2 Å². The Morgan fingerprint density at radius 3 is 2.60 bits per heavy atom. The van der Waals surface area contributed by atoms with Gasteiger partial charge < -0.3 is 4.90 Å². The number of imide groups is 1. The Morgan fingerprint density at radius 2 is 1.95 bits per heavy atom. The Hall–Kier alpha value is -1.04. The molecule has 3 rings (SSSR count). The second-order valence-electron chi connectivity index (χ2n) is 5.96. The first-order valence-electron chi connectivity index (χ1n) is 7.41. The van der Waals surface area contributed by atoms with Crippen LogP contribution in [0.2, 0.25) is 0 Å². The Labute approximate surface area is 123 Å². The summed E-state index contributed by atoms with van der Waals surface area (Å²) >= 11 is 1.07. The quantitative estimate of drug-likeness (QED) is 0.797. The second kappa shape index (κ2) is 5.76.